The Morgan fingerprint density at radius 2 is 1.43 bits per heavy atom. The van der Waals surface area contributed by atoms with Crippen LogP contribution in [-0.4, -0.2) is 27.8 Å². The highest BCUT2D eigenvalue weighted by molar-refractivity contribution is 6.04. The zero-order valence-electron chi connectivity index (χ0n) is 16.0. The Labute approximate surface area is 173 Å². The summed E-state index contributed by atoms with van der Waals surface area (Å²) < 4.78 is 0. The summed E-state index contributed by atoms with van der Waals surface area (Å²) in [6.45, 7) is 0.191. The van der Waals surface area contributed by atoms with Gasteiger partial charge in [-0.3, -0.25) is 19.8 Å². The molecule has 1 atom stereocenters. The molecule has 4 rings (SSSR count). The van der Waals surface area contributed by atoms with Gasteiger partial charge >= 0.3 is 6.03 Å². The molecule has 0 saturated carbocycles. The first-order valence-corrected chi connectivity index (χ1v) is 9.51. The Kier molecular flexibility index (Phi) is 5.26. The number of benzene rings is 3. The fraction of sp³-hybridized carbons (Fsp3) is 0.130. The first-order chi connectivity index (χ1) is 14.5. The topological polar surface area (TPSA) is 92.5 Å². The zero-order valence-corrected chi connectivity index (χ0v) is 16.0. The molecule has 0 bridgehead atoms. The number of amides is 3. The number of carbonyl (C=O) groups excluding carboxylic acids is 2. The van der Waals surface area contributed by atoms with E-state index in [9.17, 15) is 19.7 Å². The summed E-state index contributed by atoms with van der Waals surface area (Å²) in [7, 11) is 0. The van der Waals surface area contributed by atoms with Gasteiger partial charge in [-0.05, 0) is 22.3 Å². The predicted molar refractivity (Wildman–Crippen MR) is 112 cm³/mol. The Balaban J connectivity index is 1.42. The average molecular weight is 401 g/mol. The molecule has 0 aromatic heterocycles. The molecule has 1 aliphatic rings. The summed E-state index contributed by atoms with van der Waals surface area (Å²) in [6.07, 6.45) is 0.284. The van der Waals surface area contributed by atoms with Gasteiger partial charge in [0.05, 0.1) is 11.5 Å². The van der Waals surface area contributed by atoms with Crippen molar-refractivity contribution in [3.8, 4) is 11.1 Å². The monoisotopic (exact) mass is 401 g/mol. The summed E-state index contributed by atoms with van der Waals surface area (Å²) in [4.78, 5) is 36.5. The molecule has 30 heavy (non-hydrogen) atoms. The minimum atomic E-state index is -0.678. The summed E-state index contributed by atoms with van der Waals surface area (Å²) in [5, 5.41) is 13.5. The molecule has 3 aromatic carbocycles. The van der Waals surface area contributed by atoms with Crippen molar-refractivity contribution in [3.63, 3.8) is 0 Å². The van der Waals surface area contributed by atoms with E-state index in [0.717, 1.165) is 22.3 Å². The van der Waals surface area contributed by atoms with Crippen LogP contribution < -0.4 is 5.32 Å². The lowest BCUT2D eigenvalue weighted by Gasteiger charge is -2.13. The molecule has 0 aliphatic carbocycles. The number of non-ortho nitro benzene ring substituents is 1. The van der Waals surface area contributed by atoms with Crippen molar-refractivity contribution in [1.29, 1.82) is 0 Å². The molecule has 7 nitrogen and oxygen atoms in total. The molecule has 1 saturated heterocycles. The van der Waals surface area contributed by atoms with Crippen LogP contribution in [0.1, 0.15) is 11.1 Å². The lowest BCUT2D eigenvalue weighted by molar-refractivity contribution is -0.384. The van der Waals surface area contributed by atoms with Gasteiger partial charge in [-0.2, -0.15) is 0 Å². The van der Waals surface area contributed by atoms with Gasteiger partial charge in [0.15, 0.2) is 0 Å². The van der Waals surface area contributed by atoms with Gasteiger partial charge in [0.25, 0.3) is 11.6 Å². The van der Waals surface area contributed by atoms with E-state index in [4.69, 9.17) is 0 Å². The van der Waals surface area contributed by atoms with Crippen LogP contribution in [0.5, 0.6) is 0 Å². The van der Waals surface area contributed by atoms with Crippen LogP contribution in [0.4, 0.5) is 10.5 Å². The van der Waals surface area contributed by atoms with Crippen LogP contribution in [0.2, 0.25) is 0 Å². The van der Waals surface area contributed by atoms with E-state index in [1.807, 2.05) is 54.6 Å². The minimum absolute atomic E-state index is 0.0129. The highest BCUT2D eigenvalue weighted by atomic mass is 16.6. The average Bonchev–Trinajstić information content (AvgIpc) is 3.02. The highest BCUT2D eigenvalue weighted by Crippen LogP contribution is 2.21. The molecule has 1 heterocycles. The first-order valence-electron chi connectivity index (χ1n) is 9.51. The van der Waals surface area contributed by atoms with E-state index in [-0.39, 0.29) is 24.6 Å². The number of hydrogen-bond acceptors (Lipinski definition) is 4. The molecule has 3 amide bonds. The van der Waals surface area contributed by atoms with Crippen LogP contribution in [0.25, 0.3) is 11.1 Å². The lowest BCUT2D eigenvalue weighted by Crippen LogP contribution is -2.32. The van der Waals surface area contributed by atoms with Crippen molar-refractivity contribution in [2.45, 2.75) is 19.0 Å². The van der Waals surface area contributed by atoms with Crippen molar-refractivity contribution in [2.75, 3.05) is 0 Å². The smallest absolute Gasteiger partial charge is 0.325 e. The van der Waals surface area contributed by atoms with Crippen molar-refractivity contribution in [2.24, 2.45) is 0 Å². The van der Waals surface area contributed by atoms with E-state index in [1.54, 1.807) is 12.1 Å². The second-order valence-corrected chi connectivity index (χ2v) is 7.12. The number of rotatable bonds is 6. The Morgan fingerprint density at radius 3 is 2.07 bits per heavy atom. The molecular formula is C23H19N3O4. The van der Waals surface area contributed by atoms with Crippen molar-refractivity contribution in [1.82, 2.24) is 10.2 Å². The van der Waals surface area contributed by atoms with Crippen LogP contribution >= 0.6 is 0 Å². The summed E-state index contributed by atoms with van der Waals surface area (Å²) in [5.41, 5.74) is 3.75. The third kappa shape index (κ3) is 4.05. The molecule has 0 radical (unpaired) electrons. The summed E-state index contributed by atoms with van der Waals surface area (Å²) in [6, 6.07) is 22.6. The molecule has 0 spiro atoms. The van der Waals surface area contributed by atoms with Gasteiger partial charge in [-0.1, -0.05) is 66.7 Å². The largest absolute Gasteiger partial charge is 0.325 e. The molecule has 150 valence electrons. The highest BCUT2D eigenvalue weighted by Gasteiger charge is 2.37. The molecule has 1 fully saturated rings. The quantitative estimate of drug-likeness (QED) is 0.385. The molecule has 3 aromatic rings. The van der Waals surface area contributed by atoms with Gasteiger partial charge in [0, 0.05) is 18.6 Å². The van der Waals surface area contributed by atoms with Gasteiger partial charge in [0.2, 0.25) is 0 Å². The first kappa shape index (κ1) is 19.3. The summed E-state index contributed by atoms with van der Waals surface area (Å²) in [5.74, 6) is -0.300. The van der Waals surface area contributed by atoms with Gasteiger partial charge in [0.1, 0.15) is 6.04 Å². The van der Waals surface area contributed by atoms with Crippen molar-refractivity contribution in [3.05, 3.63) is 100 Å². The number of hydrogen-bond donors (Lipinski definition) is 1. The van der Waals surface area contributed by atoms with E-state index >= 15 is 0 Å². The number of nitrogens with one attached hydrogen (secondary N) is 1. The maximum absolute atomic E-state index is 12.7. The predicted octanol–water partition coefficient (Wildman–Crippen LogP) is 3.92. The van der Waals surface area contributed by atoms with Crippen molar-refractivity contribution < 1.29 is 14.5 Å². The van der Waals surface area contributed by atoms with Gasteiger partial charge in [-0.25, -0.2) is 4.79 Å². The SMILES string of the molecule is O=C1NC(Cc2ccc([N+](=O)[O-])cc2)C(=O)N1Cc1ccc(-c2ccccc2)cc1. The molecule has 1 aliphatic heterocycles. The van der Waals surface area contributed by atoms with Crippen LogP contribution in [0, 0.1) is 10.1 Å². The second kappa shape index (κ2) is 8.16. The number of imide groups is 1. The maximum atomic E-state index is 12.7. The molecule has 1 N–H and O–H groups in total. The second-order valence-electron chi connectivity index (χ2n) is 7.12. The molecule has 1 unspecified atom stereocenters. The van der Waals surface area contributed by atoms with Crippen LogP contribution in [-0.2, 0) is 17.8 Å². The Hall–Kier alpha value is -4.00. The third-order valence-corrected chi connectivity index (χ3v) is 5.10. The maximum Gasteiger partial charge on any atom is 0.325 e. The fourth-order valence-corrected chi connectivity index (χ4v) is 3.47. The zero-order chi connectivity index (χ0) is 21.1. The summed E-state index contributed by atoms with van der Waals surface area (Å²) >= 11 is 0. The third-order valence-electron chi connectivity index (χ3n) is 5.10. The fourth-order valence-electron chi connectivity index (χ4n) is 3.47. The van der Waals surface area contributed by atoms with Gasteiger partial charge in [-0.15, -0.1) is 0 Å². The van der Waals surface area contributed by atoms with E-state index in [0.29, 0.717) is 0 Å². The minimum Gasteiger partial charge on any atom is -0.325 e. The van der Waals surface area contributed by atoms with Crippen LogP contribution in [0.15, 0.2) is 78.9 Å². The van der Waals surface area contributed by atoms with E-state index in [2.05, 4.69) is 5.32 Å². The number of carbonyl (C=O) groups is 2. The van der Waals surface area contributed by atoms with Crippen LogP contribution in [0.3, 0.4) is 0 Å². The number of nitrogens with zero attached hydrogens (tertiary/aromatic N) is 2. The molecule has 7 heteroatoms. The lowest BCUT2D eigenvalue weighted by atomic mass is 10.0. The van der Waals surface area contributed by atoms with Crippen molar-refractivity contribution >= 4 is 17.6 Å². The molecular weight excluding hydrogens is 382 g/mol. The number of urea groups is 1. The Bertz CT molecular complexity index is 1080. The number of nitro groups is 1. The number of nitro benzene ring substituents is 1. The van der Waals surface area contributed by atoms with E-state index in [1.165, 1.54) is 17.0 Å². The van der Waals surface area contributed by atoms with Gasteiger partial charge < -0.3 is 5.32 Å². The van der Waals surface area contributed by atoms with E-state index < -0.39 is 17.0 Å². The normalized spacial score (nSPS) is 15.9. The standard InChI is InChI=1S/C23H19N3O4/c27-22-21(14-16-8-12-20(13-9-16)26(29)30)24-23(28)25(22)15-17-6-10-19(11-7-17)18-4-2-1-3-5-18/h1-13,21H,14-15H2,(H,24,28). The Morgan fingerprint density at radius 1 is 0.833 bits per heavy atom.